The monoisotopic (exact) mass is 350 g/mol. The molecule has 0 aromatic heterocycles. The predicted octanol–water partition coefficient (Wildman–Crippen LogP) is 3.68. The van der Waals surface area contributed by atoms with Gasteiger partial charge in [-0.2, -0.15) is 0 Å². The van der Waals surface area contributed by atoms with Gasteiger partial charge in [-0.05, 0) is 36.8 Å². The van der Waals surface area contributed by atoms with Crippen molar-refractivity contribution in [1.82, 2.24) is 4.72 Å². The quantitative estimate of drug-likeness (QED) is 0.813. The fourth-order valence-corrected chi connectivity index (χ4v) is 4.47. The Morgan fingerprint density at radius 1 is 1.24 bits per heavy atom. The van der Waals surface area contributed by atoms with Crippen LogP contribution in [-0.2, 0) is 10.0 Å². The fraction of sp³-hybridized carbons (Fsp3) is 0.571. The molecule has 1 aliphatic rings. The van der Waals surface area contributed by atoms with Crippen molar-refractivity contribution in [2.45, 2.75) is 37.5 Å². The molecule has 1 saturated carbocycles. The molecule has 7 heteroatoms. The Morgan fingerprint density at radius 3 is 2.48 bits per heavy atom. The highest BCUT2D eigenvalue weighted by atomic mass is 35.5. The van der Waals surface area contributed by atoms with Gasteiger partial charge in [-0.25, -0.2) is 13.1 Å². The maximum atomic E-state index is 12.3. The molecule has 2 rings (SSSR count). The van der Waals surface area contributed by atoms with E-state index < -0.39 is 10.0 Å². The lowest BCUT2D eigenvalue weighted by Crippen LogP contribution is -2.31. The van der Waals surface area contributed by atoms with Gasteiger partial charge in [0.25, 0.3) is 0 Å². The van der Waals surface area contributed by atoms with E-state index in [1.165, 1.54) is 12.1 Å². The molecule has 0 aliphatic heterocycles. The smallest absolute Gasteiger partial charge is 0.242 e. The Bertz CT molecular complexity index is 612. The summed E-state index contributed by atoms with van der Waals surface area (Å²) < 4.78 is 27.3. The van der Waals surface area contributed by atoms with Crippen LogP contribution in [0.4, 0.5) is 5.69 Å². The van der Waals surface area contributed by atoms with Crippen LogP contribution in [0.3, 0.4) is 0 Å². The molecule has 118 valence electrons. The Kier molecular flexibility index (Phi) is 5.41. The van der Waals surface area contributed by atoms with Gasteiger partial charge in [-0.3, -0.25) is 0 Å². The third-order valence-corrected chi connectivity index (χ3v) is 6.39. The first-order valence-corrected chi connectivity index (χ1v) is 9.28. The highest BCUT2D eigenvalue weighted by molar-refractivity contribution is 7.89. The number of hydrogen-bond acceptors (Lipinski definition) is 3. The van der Waals surface area contributed by atoms with Gasteiger partial charge in [0.2, 0.25) is 10.0 Å². The number of benzene rings is 1. The summed E-state index contributed by atoms with van der Waals surface area (Å²) in [6, 6.07) is 2.83. The summed E-state index contributed by atoms with van der Waals surface area (Å²) in [5, 5.41) is 0.229. The van der Waals surface area contributed by atoms with E-state index >= 15 is 0 Å². The van der Waals surface area contributed by atoms with Crippen molar-refractivity contribution in [3.8, 4) is 0 Å². The standard InChI is InChI=1S/C14H20Cl2N2O2S/c1-9-2-4-10(5-3-9)8-18-21(19,20)12-7-6-11(15)14(17)13(12)16/h6-7,9-10,18H,2-5,8,17H2,1H3. The van der Waals surface area contributed by atoms with Crippen molar-refractivity contribution in [3.63, 3.8) is 0 Å². The van der Waals surface area contributed by atoms with E-state index in [1.807, 2.05) is 0 Å². The zero-order valence-electron chi connectivity index (χ0n) is 11.9. The molecular weight excluding hydrogens is 331 g/mol. The van der Waals surface area contributed by atoms with Gasteiger partial charge in [-0.1, -0.05) is 43.0 Å². The van der Waals surface area contributed by atoms with Gasteiger partial charge < -0.3 is 5.73 Å². The van der Waals surface area contributed by atoms with Crippen LogP contribution in [0, 0.1) is 11.8 Å². The van der Waals surface area contributed by atoms with Gasteiger partial charge in [-0.15, -0.1) is 0 Å². The molecule has 4 nitrogen and oxygen atoms in total. The zero-order valence-corrected chi connectivity index (χ0v) is 14.2. The maximum Gasteiger partial charge on any atom is 0.242 e. The van der Waals surface area contributed by atoms with E-state index in [0.29, 0.717) is 12.5 Å². The number of nitrogens with two attached hydrogens (primary N) is 1. The molecule has 1 aromatic carbocycles. The van der Waals surface area contributed by atoms with Crippen LogP contribution in [0.25, 0.3) is 0 Å². The van der Waals surface area contributed by atoms with E-state index in [2.05, 4.69) is 11.6 Å². The highest BCUT2D eigenvalue weighted by Gasteiger charge is 2.24. The minimum Gasteiger partial charge on any atom is -0.396 e. The van der Waals surface area contributed by atoms with Gasteiger partial charge >= 0.3 is 0 Å². The van der Waals surface area contributed by atoms with E-state index in [1.54, 1.807) is 0 Å². The van der Waals surface area contributed by atoms with Crippen molar-refractivity contribution in [2.75, 3.05) is 12.3 Å². The molecule has 0 heterocycles. The third kappa shape index (κ3) is 4.03. The van der Waals surface area contributed by atoms with E-state index in [-0.39, 0.29) is 20.6 Å². The Labute approximate surface area is 136 Å². The summed E-state index contributed by atoms with van der Waals surface area (Å²) in [7, 11) is -3.66. The normalized spacial score (nSPS) is 23.2. The van der Waals surface area contributed by atoms with Crippen molar-refractivity contribution in [1.29, 1.82) is 0 Å². The van der Waals surface area contributed by atoms with Crippen LogP contribution in [0.15, 0.2) is 17.0 Å². The first-order valence-electron chi connectivity index (χ1n) is 7.04. The number of anilines is 1. The van der Waals surface area contributed by atoms with E-state index in [9.17, 15) is 8.42 Å². The SMILES string of the molecule is CC1CCC(CNS(=O)(=O)c2ccc(Cl)c(N)c2Cl)CC1. The zero-order chi connectivity index (χ0) is 15.6. The average molecular weight is 351 g/mol. The molecule has 0 spiro atoms. The molecule has 0 bridgehead atoms. The minimum atomic E-state index is -3.66. The van der Waals surface area contributed by atoms with Gasteiger partial charge in [0.1, 0.15) is 4.90 Å². The van der Waals surface area contributed by atoms with Crippen molar-refractivity contribution in [2.24, 2.45) is 11.8 Å². The number of nitrogens with one attached hydrogen (secondary N) is 1. The lowest BCUT2D eigenvalue weighted by Gasteiger charge is -2.26. The van der Waals surface area contributed by atoms with Crippen molar-refractivity contribution in [3.05, 3.63) is 22.2 Å². The lowest BCUT2D eigenvalue weighted by atomic mass is 9.83. The van der Waals surface area contributed by atoms with Crippen LogP contribution < -0.4 is 10.5 Å². The van der Waals surface area contributed by atoms with Gasteiger partial charge in [0, 0.05) is 6.54 Å². The second kappa shape index (κ2) is 6.73. The summed E-state index contributed by atoms with van der Waals surface area (Å²) in [5.41, 5.74) is 5.77. The van der Waals surface area contributed by atoms with Gasteiger partial charge in [0.15, 0.2) is 0 Å². The van der Waals surface area contributed by atoms with E-state index in [4.69, 9.17) is 28.9 Å². The number of hydrogen-bond donors (Lipinski definition) is 2. The molecule has 0 radical (unpaired) electrons. The van der Waals surface area contributed by atoms with Crippen LogP contribution in [0.2, 0.25) is 10.0 Å². The molecule has 1 aromatic rings. The third-order valence-electron chi connectivity index (χ3n) is 4.08. The number of nitrogen functional groups attached to an aromatic ring is 1. The molecule has 0 atom stereocenters. The van der Waals surface area contributed by atoms with Crippen LogP contribution >= 0.6 is 23.2 Å². The highest BCUT2D eigenvalue weighted by Crippen LogP contribution is 2.33. The molecule has 0 unspecified atom stereocenters. The predicted molar refractivity (Wildman–Crippen MR) is 87.2 cm³/mol. The molecule has 21 heavy (non-hydrogen) atoms. The largest absolute Gasteiger partial charge is 0.396 e. The Hall–Kier alpha value is -0.490. The summed E-state index contributed by atoms with van der Waals surface area (Å²) in [5.74, 6) is 1.13. The molecule has 3 N–H and O–H groups in total. The first-order chi connectivity index (χ1) is 9.81. The van der Waals surface area contributed by atoms with Crippen LogP contribution in [0.1, 0.15) is 32.6 Å². The summed E-state index contributed by atoms with van der Waals surface area (Å²) in [4.78, 5) is -0.0183. The molecule has 0 saturated heterocycles. The van der Waals surface area contributed by atoms with Gasteiger partial charge in [0.05, 0.1) is 15.7 Å². The number of rotatable bonds is 4. The first kappa shape index (κ1) is 16.9. The topological polar surface area (TPSA) is 72.2 Å². The summed E-state index contributed by atoms with van der Waals surface area (Å²) in [6.07, 6.45) is 4.42. The second-order valence-corrected chi connectivity index (χ2v) is 8.27. The second-order valence-electron chi connectivity index (χ2n) is 5.75. The minimum absolute atomic E-state index is 0.0183. The molecule has 1 fully saturated rings. The number of sulfonamides is 1. The molecule has 1 aliphatic carbocycles. The summed E-state index contributed by atoms with van der Waals surface area (Å²) >= 11 is 11.8. The van der Waals surface area contributed by atoms with Crippen LogP contribution in [0.5, 0.6) is 0 Å². The van der Waals surface area contributed by atoms with Crippen molar-refractivity contribution < 1.29 is 8.42 Å². The lowest BCUT2D eigenvalue weighted by molar-refractivity contribution is 0.290. The van der Waals surface area contributed by atoms with Crippen molar-refractivity contribution >= 4 is 38.9 Å². The molecular formula is C14H20Cl2N2O2S. The Morgan fingerprint density at radius 2 is 1.86 bits per heavy atom. The maximum absolute atomic E-state index is 12.3. The molecule has 0 amide bonds. The number of halogens is 2. The van der Waals surface area contributed by atoms with E-state index in [0.717, 1.165) is 31.6 Å². The Balaban J connectivity index is 2.07. The summed E-state index contributed by atoms with van der Waals surface area (Å²) in [6.45, 7) is 2.67. The fourth-order valence-electron chi connectivity index (χ4n) is 2.60. The van der Waals surface area contributed by atoms with Crippen LogP contribution in [-0.4, -0.2) is 15.0 Å². The average Bonchev–Trinajstić information content (AvgIpc) is 2.44.